The van der Waals surface area contributed by atoms with Crippen LogP contribution in [0.5, 0.6) is 23.0 Å². The van der Waals surface area contributed by atoms with Crippen LogP contribution < -0.4 is 9.47 Å². The molecule has 6 nitrogen and oxygen atoms in total. The number of aryl methyl sites for hydroxylation is 1. The summed E-state index contributed by atoms with van der Waals surface area (Å²) in [5.41, 5.74) is -1.93. The topological polar surface area (TPSA) is 82.1 Å². The van der Waals surface area contributed by atoms with E-state index in [0.717, 1.165) is 0 Å². The van der Waals surface area contributed by atoms with Crippen LogP contribution in [0.25, 0.3) is 0 Å². The van der Waals surface area contributed by atoms with Gasteiger partial charge in [-0.1, -0.05) is 0 Å². The summed E-state index contributed by atoms with van der Waals surface area (Å²) < 4.78 is 83.4. The highest BCUT2D eigenvalue weighted by molar-refractivity contribution is 5.84. The third-order valence-electron chi connectivity index (χ3n) is 8.35. The first kappa shape index (κ1) is 28.2. The number of benzene rings is 2. The van der Waals surface area contributed by atoms with E-state index < -0.39 is 41.0 Å². The summed E-state index contributed by atoms with van der Waals surface area (Å²) in [5.74, 6) is -5.19. The molecule has 4 fully saturated rings. The van der Waals surface area contributed by atoms with Crippen LogP contribution in [0.3, 0.4) is 0 Å². The number of ether oxygens (including phenoxy) is 3. The number of carbonyl (C=O) groups excluding carboxylic acids is 2. The summed E-state index contributed by atoms with van der Waals surface area (Å²) >= 11 is 0. The van der Waals surface area contributed by atoms with Gasteiger partial charge < -0.3 is 19.3 Å². The SMILES string of the molecule is Cc1cc(Oc2ccc(OC(=O)C34CC5CC(C3)CC(C(=O)OC(C(C)(F)F)C(F)(F)F)(C5)C4)cc2)ccc1O. The number of hydrogen-bond donors (Lipinski definition) is 1. The van der Waals surface area contributed by atoms with Crippen LogP contribution >= 0.6 is 0 Å². The van der Waals surface area contributed by atoms with Gasteiger partial charge in [0.25, 0.3) is 12.0 Å². The van der Waals surface area contributed by atoms with Gasteiger partial charge in [0.15, 0.2) is 0 Å². The minimum absolute atomic E-state index is 0.0685. The predicted octanol–water partition coefficient (Wildman–Crippen LogP) is 7.11. The molecule has 0 heterocycles. The van der Waals surface area contributed by atoms with Gasteiger partial charge in [0.2, 0.25) is 0 Å². The Morgan fingerprint density at radius 3 is 1.93 bits per heavy atom. The lowest BCUT2D eigenvalue weighted by Crippen LogP contribution is -2.60. The van der Waals surface area contributed by atoms with E-state index in [-0.39, 0.29) is 49.5 Å². The molecular weight excluding hydrogens is 539 g/mol. The first-order valence-electron chi connectivity index (χ1n) is 13.0. The number of hydrogen-bond acceptors (Lipinski definition) is 6. The van der Waals surface area contributed by atoms with Crippen LogP contribution in [0.4, 0.5) is 22.0 Å². The van der Waals surface area contributed by atoms with E-state index in [0.29, 0.717) is 36.3 Å². The minimum Gasteiger partial charge on any atom is -0.508 e. The van der Waals surface area contributed by atoms with Gasteiger partial charge in [-0.05, 0) is 105 Å². The van der Waals surface area contributed by atoms with Crippen molar-refractivity contribution in [1.82, 2.24) is 0 Å². The number of phenols is 1. The summed E-state index contributed by atoms with van der Waals surface area (Å²) in [5, 5.41) is 9.66. The average molecular weight is 569 g/mol. The maximum absolute atomic E-state index is 13.8. The number of phenolic OH excluding ortho intramolecular Hbond substituents is 1. The normalized spacial score (nSPS) is 28.2. The third-order valence-corrected chi connectivity index (χ3v) is 8.35. The zero-order chi connectivity index (χ0) is 29.1. The highest BCUT2D eigenvalue weighted by atomic mass is 19.4. The molecule has 2 aromatic carbocycles. The van der Waals surface area contributed by atoms with Crippen LogP contribution in [0.2, 0.25) is 0 Å². The quantitative estimate of drug-likeness (QED) is 0.218. The molecule has 216 valence electrons. The summed E-state index contributed by atoms with van der Waals surface area (Å²) in [6.45, 7) is 1.80. The monoisotopic (exact) mass is 568 g/mol. The summed E-state index contributed by atoms with van der Waals surface area (Å²) in [7, 11) is 0. The summed E-state index contributed by atoms with van der Waals surface area (Å²) in [6.07, 6.45) is -7.19. The molecule has 1 N–H and O–H groups in total. The van der Waals surface area contributed by atoms with E-state index in [2.05, 4.69) is 4.74 Å². The molecule has 2 aromatic rings. The van der Waals surface area contributed by atoms with Crippen molar-refractivity contribution in [2.75, 3.05) is 0 Å². The van der Waals surface area contributed by atoms with Gasteiger partial charge in [0.05, 0.1) is 10.8 Å². The molecule has 11 heteroatoms. The summed E-state index contributed by atoms with van der Waals surface area (Å²) in [6, 6.07) is 11.0. The van der Waals surface area contributed by atoms with Crippen molar-refractivity contribution in [1.29, 1.82) is 0 Å². The van der Waals surface area contributed by atoms with Crippen molar-refractivity contribution in [3.63, 3.8) is 0 Å². The van der Waals surface area contributed by atoms with Crippen molar-refractivity contribution in [2.45, 2.75) is 70.6 Å². The van der Waals surface area contributed by atoms with Crippen LogP contribution in [-0.2, 0) is 14.3 Å². The van der Waals surface area contributed by atoms with Crippen molar-refractivity contribution >= 4 is 11.9 Å². The number of alkyl halides is 5. The van der Waals surface area contributed by atoms with Gasteiger partial charge in [0, 0.05) is 6.92 Å². The van der Waals surface area contributed by atoms with E-state index >= 15 is 0 Å². The van der Waals surface area contributed by atoms with Crippen molar-refractivity contribution in [2.24, 2.45) is 22.7 Å². The Morgan fingerprint density at radius 2 is 1.40 bits per heavy atom. The molecule has 3 atom stereocenters. The first-order valence-corrected chi connectivity index (χ1v) is 13.0. The number of rotatable bonds is 7. The predicted molar refractivity (Wildman–Crippen MR) is 131 cm³/mol. The zero-order valence-corrected chi connectivity index (χ0v) is 21.9. The second-order valence-corrected chi connectivity index (χ2v) is 11.7. The second kappa shape index (κ2) is 9.62. The van der Waals surface area contributed by atoms with E-state index in [4.69, 9.17) is 9.47 Å². The molecule has 4 aliphatic carbocycles. The lowest BCUT2D eigenvalue weighted by molar-refractivity contribution is -0.280. The fourth-order valence-corrected chi connectivity index (χ4v) is 7.05. The molecule has 3 unspecified atom stereocenters. The molecule has 0 radical (unpaired) electrons. The molecule has 4 saturated carbocycles. The van der Waals surface area contributed by atoms with Gasteiger partial charge in [-0.15, -0.1) is 0 Å². The molecule has 4 aliphatic rings. The lowest BCUT2D eigenvalue weighted by Gasteiger charge is -2.59. The van der Waals surface area contributed by atoms with Crippen LogP contribution in [-0.4, -0.2) is 35.2 Å². The summed E-state index contributed by atoms with van der Waals surface area (Å²) in [4.78, 5) is 26.6. The van der Waals surface area contributed by atoms with Crippen molar-refractivity contribution < 1.29 is 50.9 Å². The Labute approximate surface area is 227 Å². The van der Waals surface area contributed by atoms with Gasteiger partial charge in [-0.25, -0.2) is 8.78 Å². The maximum atomic E-state index is 13.8. The third kappa shape index (κ3) is 5.34. The lowest BCUT2D eigenvalue weighted by atomic mass is 9.44. The molecule has 4 bridgehead atoms. The van der Waals surface area contributed by atoms with E-state index in [9.17, 15) is 36.6 Å². The number of aromatic hydroxyl groups is 1. The van der Waals surface area contributed by atoms with Gasteiger partial charge in [-0.3, -0.25) is 9.59 Å². The Balaban J connectivity index is 1.30. The molecule has 0 aromatic heterocycles. The molecule has 6 rings (SSSR count). The van der Waals surface area contributed by atoms with Crippen LogP contribution in [0, 0.1) is 29.6 Å². The van der Waals surface area contributed by atoms with Crippen molar-refractivity contribution in [3.8, 4) is 23.0 Å². The fraction of sp³-hybridized carbons (Fsp3) is 0.517. The number of carbonyl (C=O) groups is 2. The molecular formula is C29H29F5O6. The highest BCUT2D eigenvalue weighted by Crippen LogP contribution is 2.66. The largest absolute Gasteiger partial charge is 0.508 e. The highest BCUT2D eigenvalue weighted by Gasteiger charge is 2.66. The fourth-order valence-electron chi connectivity index (χ4n) is 7.05. The molecule has 0 saturated heterocycles. The maximum Gasteiger partial charge on any atom is 0.431 e. The Morgan fingerprint density at radius 1 is 0.875 bits per heavy atom. The van der Waals surface area contributed by atoms with Crippen LogP contribution in [0.1, 0.15) is 51.0 Å². The number of halogens is 5. The van der Waals surface area contributed by atoms with Gasteiger partial charge in [-0.2, -0.15) is 13.2 Å². The standard InChI is InChI=1S/C29H29F5O6/c1-16-9-21(7-8-22(16)35)38-19-3-5-20(6-4-19)39-24(36)27-11-17-10-18(12-27)14-28(13-17,15-27)25(37)40-23(26(2,30)31)29(32,33)34/h3-9,17-18,23,35H,10-15H2,1-2H3. The van der Waals surface area contributed by atoms with E-state index in [1.165, 1.54) is 18.2 Å². The molecule has 0 amide bonds. The van der Waals surface area contributed by atoms with E-state index in [1.54, 1.807) is 31.2 Å². The van der Waals surface area contributed by atoms with E-state index in [1.807, 2.05) is 0 Å². The molecule has 0 spiro atoms. The Bertz CT molecular complexity index is 1270. The van der Waals surface area contributed by atoms with Gasteiger partial charge >= 0.3 is 18.1 Å². The Hall–Kier alpha value is -3.37. The smallest absolute Gasteiger partial charge is 0.431 e. The molecule has 0 aliphatic heterocycles. The Kier molecular flexibility index (Phi) is 6.78. The first-order chi connectivity index (χ1) is 18.6. The van der Waals surface area contributed by atoms with Crippen molar-refractivity contribution in [3.05, 3.63) is 48.0 Å². The van der Waals surface area contributed by atoms with Crippen LogP contribution in [0.15, 0.2) is 42.5 Å². The zero-order valence-electron chi connectivity index (χ0n) is 21.9. The average Bonchev–Trinajstić information content (AvgIpc) is 2.83. The number of esters is 2. The molecule has 40 heavy (non-hydrogen) atoms. The second-order valence-electron chi connectivity index (χ2n) is 11.7. The minimum atomic E-state index is -5.44. The van der Waals surface area contributed by atoms with Gasteiger partial charge in [0.1, 0.15) is 23.0 Å².